The van der Waals surface area contributed by atoms with E-state index in [2.05, 4.69) is 15.3 Å². The molecule has 1 aliphatic rings. The Balaban J connectivity index is 1.47. The van der Waals surface area contributed by atoms with Crippen molar-refractivity contribution in [1.82, 2.24) is 14.9 Å². The zero-order valence-corrected chi connectivity index (χ0v) is 18.3. The largest absolute Gasteiger partial charge is 0.484 e. The quantitative estimate of drug-likeness (QED) is 0.608. The van der Waals surface area contributed by atoms with Gasteiger partial charge in [0, 0.05) is 12.7 Å². The zero-order chi connectivity index (χ0) is 23.2. The summed E-state index contributed by atoms with van der Waals surface area (Å²) in [6.07, 6.45) is 4.02. The van der Waals surface area contributed by atoms with Gasteiger partial charge in [0.1, 0.15) is 11.6 Å². The number of hydrogen-bond donors (Lipinski definition) is 1. The maximum absolute atomic E-state index is 13.9. The normalized spacial score (nSPS) is 15.7. The van der Waals surface area contributed by atoms with E-state index in [0.717, 1.165) is 19.3 Å². The number of para-hydroxylation sites is 2. The molecule has 1 aromatic heterocycles. The number of aromatic nitrogens is 2. The maximum Gasteiger partial charge on any atom is 0.261 e. The molecule has 1 N–H and O–H groups in total. The molecule has 1 fully saturated rings. The molecule has 0 bridgehead atoms. The summed E-state index contributed by atoms with van der Waals surface area (Å²) in [5.74, 6) is -0.0160. The van der Waals surface area contributed by atoms with Crippen molar-refractivity contribution in [2.45, 2.75) is 32.2 Å². The van der Waals surface area contributed by atoms with Crippen LogP contribution >= 0.6 is 0 Å². The third kappa shape index (κ3) is 5.34. The minimum absolute atomic E-state index is 0.0668. The number of aryl methyl sites for hydroxylation is 1. The number of anilines is 1. The van der Waals surface area contributed by atoms with Gasteiger partial charge in [-0.2, -0.15) is 0 Å². The van der Waals surface area contributed by atoms with Crippen molar-refractivity contribution in [3.05, 3.63) is 83.7 Å². The lowest BCUT2D eigenvalue weighted by Gasteiger charge is -2.34. The second-order valence-electron chi connectivity index (χ2n) is 7.86. The third-order valence-electron chi connectivity index (χ3n) is 5.59. The summed E-state index contributed by atoms with van der Waals surface area (Å²) in [6.45, 7) is 2.23. The number of rotatable bonds is 6. The number of carbonyl (C=O) groups is 2. The molecular formula is C25H25FN4O3. The third-order valence-corrected chi connectivity index (χ3v) is 5.59. The number of nitrogens with zero attached hydrogens (tertiary/aromatic N) is 3. The first-order valence-corrected chi connectivity index (χ1v) is 10.9. The summed E-state index contributed by atoms with van der Waals surface area (Å²) in [4.78, 5) is 36.2. The lowest BCUT2D eigenvalue weighted by Crippen LogP contribution is -2.41. The van der Waals surface area contributed by atoms with Crippen molar-refractivity contribution in [1.29, 1.82) is 0 Å². The zero-order valence-electron chi connectivity index (χ0n) is 18.3. The van der Waals surface area contributed by atoms with Crippen LogP contribution in [0.1, 0.15) is 47.2 Å². The van der Waals surface area contributed by atoms with Gasteiger partial charge in [0.15, 0.2) is 12.4 Å². The molecule has 2 heterocycles. The standard InChI is InChI=1S/C25H25FN4O3/c1-17-19(25(32)29-21-12-6-5-11-20(21)26)15-27-24(28-17)22-13-7-8-14-30(22)23(31)16-33-18-9-3-2-4-10-18/h2-6,9-12,15,22H,7-8,13-14,16H2,1H3,(H,29,32)/t22-/m1/s1. The van der Waals surface area contributed by atoms with Crippen LogP contribution in [0.15, 0.2) is 60.8 Å². The molecule has 8 heteroatoms. The Morgan fingerprint density at radius 3 is 2.64 bits per heavy atom. The molecular weight excluding hydrogens is 423 g/mol. The number of ether oxygens (including phenoxy) is 1. The van der Waals surface area contributed by atoms with Crippen LogP contribution in [-0.2, 0) is 4.79 Å². The Morgan fingerprint density at radius 2 is 1.88 bits per heavy atom. The molecule has 3 aromatic rings. The van der Waals surface area contributed by atoms with Crippen LogP contribution in [-0.4, -0.2) is 39.8 Å². The van der Waals surface area contributed by atoms with Gasteiger partial charge in [0.2, 0.25) is 0 Å². The number of hydrogen-bond acceptors (Lipinski definition) is 5. The molecule has 2 amide bonds. The van der Waals surface area contributed by atoms with Gasteiger partial charge in [0.05, 0.1) is 23.0 Å². The van der Waals surface area contributed by atoms with Crippen molar-refractivity contribution in [2.24, 2.45) is 0 Å². The fourth-order valence-electron chi connectivity index (χ4n) is 3.86. The Kier molecular flexibility index (Phi) is 6.92. The number of carbonyl (C=O) groups excluding carboxylic acids is 2. The molecule has 0 aliphatic carbocycles. The van der Waals surface area contributed by atoms with Gasteiger partial charge in [-0.05, 0) is 50.5 Å². The van der Waals surface area contributed by atoms with E-state index in [4.69, 9.17) is 4.74 Å². The Bertz CT molecular complexity index is 1140. The van der Waals surface area contributed by atoms with Gasteiger partial charge in [0.25, 0.3) is 11.8 Å². The second-order valence-corrected chi connectivity index (χ2v) is 7.86. The molecule has 4 rings (SSSR count). The average Bonchev–Trinajstić information content (AvgIpc) is 2.84. The van der Waals surface area contributed by atoms with E-state index in [9.17, 15) is 14.0 Å². The van der Waals surface area contributed by atoms with Crippen LogP contribution < -0.4 is 10.1 Å². The van der Waals surface area contributed by atoms with E-state index in [0.29, 0.717) is 23.8 Å². The molecule has 1 aliphatic heterocycles. The van der Waals surface area contributed by atoms with E-state index in [1.807, 2.05) is 18.2 Å². The summed E-state index contributed by atoms with van der Waals surface area (Å²) in [6, 6.07) is 14.9. The van der Waals surface area contributed by atoms with Gasteiger partial charge in [-0.3, -0.25) is 9.59 Å². The van der Waals surface area contributed by atoms with Crippen molar-refractivity contribution in [2.75, 3.05) is 18.5 Å². The fourth-order valence-corrected chi connectivity index (χ4v) is 3.86. The van der Waals surface area contributed by atoms with Crippen LogP contribution in [0.2, 0.25) is 0 Å². The number of nitrogens with one attached hydrogen (secondary N) is 1. The number of likely N-dealkylation sites (tertiary alicyclic amines) is 1. The van der Waals surface area contributed by atoms with Crippen LogP contribution in [0.4, 0.5) is 10.1 Å². The molecule has 170 valence electrons. The first kappa shape index (κ1) is 22.4. The summed E-state index contributed by atoms with van der Waals surface area (Å²) in [5.41, 5.74) is 0.809. The van der Waals surface area contributed by atoms with Gasteiger partial charge in [-0.25, -0.2) is 14.4 Å². The minimum Gasteiger partial charge on any atom is -0.484 e. The maximum atomic E-state index is 13.9. The van der Waals surface area contributed by atoms with E-state index < -0.39 is 11.7 Å². The van der Waals surface area contributed by atoms with Crippen molar-refractivity contribution < 1.29 is 18.7 Å². The lowest BCUT2D eigenvalue weighted by molar-refractivity contribution is -0.137. The monoisotopic (exact) mass is 448 g/mol. The number of amides is 2. The Morgan fingerprint density at radius 1 is 1.12 bits per heavy atom. The van der Waals surface area contributed by atoms with Crippen LogP contribution in [0.25, 0.3) is 0 Å². The van der Waals surface area contributed by atoms with Crippen molar-refractivity contribution in [3.8, 4) is 5.75 Å². The van der Waals surface area contributed by atoms with E-state index in [-0.39, 0.29) is 29.8 Å². The molecule has 7 nitrogen and oxygen atoms in total. The molecule has 1 saturated heterocycles. The van der Waals surface area contributed by atoms with Gasteiger partial charge < -0.3 is 15.0 Å². The van der Waals surface area contributed by atoms with Crippen LogP contribution in [0.3, 0.4) is 0 Å². The SMILES string of the molecule is Cc1nc([C@H]2CCCCN2C(=O)COc2ccccc2)ncc1C(=O)Nc1ccccc1F. The summed E-state index contributed by atoms with van der Waals surface area (Å²) < 4.78 is 19.5. The predicted octanol–water partition coefficient (Wildman–Crippen LogP) is 4.31. The van der Waals surface area contributed by atoms with Crippen LogP contribution in [0, 0.1) is 12.7 Å². The van der Waals surface area contributed by atoms with Gasteiger partial charge >= 0.3 is 0 Å². The minimum atomic E-state index is -0.518. The van der Waals surface area contributed by atoms with E-state index in [1.54, 1.807) is 36.1 Å². The smallest absolute Gasteiger partial charge is 0.261 e. The van der Waals surface area contributed by atoms with E-state index in [1.165, 1.54) is 18.3 Å². The highest BCUT2D eigenvalue weighted by atomic mass is 19.1. The molecule has 0 spiro atoms. The molecule has 2 aromatic carbocycles. The number of piperidine rings is 1. The number of halogens is 1. The molecule has 0 unspecified atom stereocenters. The van der Waals surface area contributed by atoms with Gasteiger partial charge in [-0.15, -0.1) is 0 Å². The molecule has 1 atom stereocenters. The summed E-state index contributed by atoms with van der Waals surface area (Å²) in [5, 5.41) is 2.55. The number of benzene rings is 2. The molecule has 0 saturated carbocycles. The highest BCUT2D eigenvalue weighted by molar-refractivity contribution is 6.04. The van der Waals surface area contributed by atoms with Gasteiger partial charge in [-0.1, -0.05) is 30.3 Å². The fraction of sp³-hybridized carbons (Fsp3) is 0.280. The molecule has 33 heavy (non-hydrogen) atoms. The van der Waals surface area contributed by atoms with Crippen molar-refractivity contribution in [3.63, 3.8) is 0 Å². The topological polar surface area (TPSA) is 84.4 Å². The highest BCUT2D eigenvalue weighted by Crippen LogP contribution is 2.29. The van der Waals surface area contributed by atoms with Crippen molar-refractivity contribution >= 4 is 17.5 Å². The average molecular weight is 448 g/mol. The highest BCUT2D eigenvalue weighted by Gasteiger charge is 2.30. The Labute approximate surface area is 191 Å². The summed E-state index contributed by atoms with van der Waals surface area (Å²) >= 11 is 0. The first-order chi connectivity index (χ1) is 16.0. The van der Waals surface area contributed by atoms with Crippen LogP contribution in [0.5, 0.6) is 5.75 Å². The Hall–Kier alpha value is -3.81. The lowest BCUT2D eigenvalue weighted by atomic mass is 10.0. The first-order valence-electron chi connectivity index (χ1n) is 10.9. The second kappa shape index (κ2) is 10.2. The molecule has 0 radical (unpaired) electrons. The van der Waals surface area contributed by atoms with E-state index >= 15 is 0 Å². The summed E-state index contributed by atoms with van der Waals surface area (Å²) in [7, 11) is 0. The predicted molar refractivity (Wildman–Crippen MR) is 121 cm³/mol.